The quantitative estimate of drug-likeness (QED) is 0.752. The number of carbonyl (C=O) groups excluding carboxylic acids is 1. The van der Waals surface area contributed by atoms with Crippen LogP contribution < -0.4 is 5.32 Å². The van der Waals surface area contributed by atoms with Crippen LogP contribution in [0.15, 0.2) is 4.52 Å². The van der Waals surface area contributed by atoms with Gasteiger partial charge in [0.05, 0.1) is 18.6 Å². The van der Waals surface area contributed by atoms with Gasteiger partial charge in [-0.2, -0.15) is 4.98 Å². The normalized spacial score (nSPS) is 11.5. The number of carbonyl (C=O) groups is 1. The molecule has 0 unspecified atom stereocenters. The zero-order chi connectivity index (χ0) is 12.9. The molecule has 1 aromatic heterocycles. The molecule has 0 aromatic carbocycles. The molecule has 1 N–H and O–H groups in total. The summed E-state index contributed by atoms with van der Waals surface area (Å²) in [5.74, 6) is 0.863. The molecular weight excluding hydrogens is 222 g/mol. The Bertz CT molecular complexity index is 374. The lowest BCUT2D eigenvalue weighted by Crippen LogP contribution is -2.40. The lowest BCUT2D eigenvalue weighted by molar-refractivity contribution is -0.120. The number of aromatic nitrogens is 2. The molecule has 0 radical (unpaired) electrons. The average Bonchev–Trinajstić information content (AvgIpc) is 2.65. The summed E-state index contributed by atoms with van der Waals surface area (Å²) in [6.45, 7) is 8.26. The summed E-state index contributed by atoms with van der Waals surface area (Å²) in [6.07, 6.45) is 0.580. The van der Waals surface area contributed by atoms with Crippen molar-refractivity contribution in [1.82, 2.24) is 15.5 Å². The van der Waals surface area contributed by atoms with Crippen molar-refractivity contribution in [3.8, 4) is 0 Å². The molecule has 1 rings (SSSR count). The molecule has 0 saturated carbocycles. The second kappa shape index (κ2) is 5.77. The number of nitrogens with zero attached hydrogens (tertiary/aromatic N) is 2. The zero-order valence-corrected chi connectivity index (χ0v) is 10.7. The lowest BCUT2D eigenvalue weighted by Gasteiger charge is -2.20. The number of ether oxygens (including phenoxy) is 1. The van der Waals surface area contributed by atoms with Crippen molar-refractivity contribution in [2.45, 2.75) is 39.7 Å². The molecule has 17 heavy (non-hydrogen) atoms. The summed E-state index contributed by atoms with van der Waals surface area (Å²) in [7, 11) is 0. The van der Waals surface area contributed by atoms with E-state index in [9.17, 15) is 4.79 Å². The highest BCUT2D eigenvalue weighted by molar-refractivity contribution is 5.73. The van der Waals surface area contributed by atoms with Crippen LogP contribution in [-0.2, 0) is 21.5 Å². The largest absolute Gasteiger partial charge is 0.381 e. The third kappa shape index (κ3) is 4.14. The minimum absolute atomic E-state index is 0.129. The Kier molecular flexibility index (Phi) is 4.62. The SMILES string of the molecule is CCOCCc1nc(C(C)(C)NC(C)=O)no1. The van der Waals surface area contributed by atoms with Crippen LogP contribution in [0.5, 0.6) is 0 Å². The van der Waals surface area contributed by atoms with E-state index in [4.69, 9.17) is 9.26 Å². The predicted octanol–water partition coefficient (Wildman–Crippen LogP) is 1.02. The first-order chi connectivity index (χ1) is 7.95. The van der Waals surface area contributed by atoms with Crippen LogP contribution >= 0.6 is 0 Å². The molecule has 1 aromatic rings. The van der Waals surface area contributed by atoms with Crippen molar-refractivity contribution in [1.29, 1.82) is 0 Å². The standard InChI is InChI=1S/C11H19N3O3/c1-5-16-7-6-9-12-10(14-17-9)11(3,4)13-8(2)15/h5-7H2,1-4H3,(H,13,15). The van der Waals surface area contributed by atoms with Crippen molar-refractivity contribution in [2.24, 2.45) is 0 Å². The van der Waals surface area contributed by atoms with Crippen LogP contribution in [0.3, 0.4) is 0 Å². The molecule has 96 valence electrons. The molecule has 0 spiro atoms. The van der Waals surface area contributed by atoms with E-state index in [0.717, 1.165) is 0 Å². The summed E-state index contributed by atoms with van der Waals surface area (Å²) in [5, 5.41) is 6.62. The lowest BCUT2D eigenvalue weighted by atomic mass is 10.1. The van der Waals surface area contributed by atoms with E-state index >= 15 is 0 Å². The molecule has 6 nitrogen and oxygen atoms in total. The average molecular weight is 241 g/mol. The van der Waals surface area contributed by atoms with Gasteiger partial charge in [-0.25, -0.2) is 0 Å². The molecule has 0 bridgehead atoms. The van der Waals surface area contributed by atoms with Crippen molar-refractivity contribution in [3.63, 3.8) is 0 Å². The highest BCUT2D eigenvalue weighted by Crippen LogP contribution is 2.16. The van der Waals surface area contributed by atoms with E-state index in [1.165, 1.54) is 6.92 Å². The number of hydrogen-bond acceptors (Lipinski definition) is 5. The van der Waals surface area contributed by atoms with Crippen molar-refractivity contribution < 1.29 is 14.1 Å². The van der Waals surface area contributed by atoms with E-state index in [0.29, 0.717) is 31.3 Å². The van der Waals surface area contributed by atoms with E-state index in [1.54, 1.807) is 0 Å². The molecule has 0 atom stereocenters. The molecule has 0 aliphatic carbocycles. The van der Waals surface area contributed by atoms with Crippen LogP contribution in [-0.4, -0.2) is 29.3 Å². The Morgan fingerprint density at radius 1 is 1.53 bits per heavy atom. The van der Waals surface area contributed by atoms with Crippen LogP contribution in [0.2, 0.25) is 0 Å². The van der Waals surface area contributed by atoms with Crippen LogP contribution in [0, 0.1) is 0 Å². The molecule has 1 heterocycles. The van der Waals surface area contributed by atoms with Gasteiger partial charge in [-0.3, -0.25) is 4.79 Å². The molecule has 0 saturated heterocycles. The number of amides is 1. The van der Waals surface area contributed by atoms with E-state index in [1.807, 2.05) is 20.8 Å². The Hall–Kier alpha value is -1.43. The summed E-state index contributed by atoms with van der Waals surface area (Å²) < 4.78 is 10.3. The molecule has 0 aliphatic heterocycles. The Balaban J connectivity index is 2.63. The van der Waals surface area contributed by atoms with Crippen LogP contribution in [0.25, 0.3) is 0 Å². The Morgan fingerprint density at radius 2 is 2.24 bits per heavy atom. The summed E-state index contributed by atoms with van der Waals surface area (Å²) in [4.78, 5) is 15.3. The van der Waals surface area contributed by atoms with Gasteiger partial charge in [0, 0.05) is 13.5 Å². The fourth-order valence-corrected chi connectivity index (χ4v) is 1.41. The van der Waals surface area contributed by atoms with Gasteiger partial charge in [0.1, 0.15) is 0 Å². The number of hydrogen-bond donors (Lipinski definition) is 1. The number of nitrogens with one attached hydrogen (secondary N) is 1. The monoisotopic (exact) mass is 241 g/mol. The van der Waals surface area contributed by atoms with Crippen molar-refractivity contribution in [2.75, 3.05) is 13.2 Å². The van der Waals surface area contributed by atoms with Crippen molar-refractivity contribution in [3.05, 3.63) is 11.7 Å². The van der Waals surface area contributed by atoms with E-state index in [2.05, 4.69) is 15.5 Å². The smallest absolute Gasteiger partial charge is 0.229 e. The van der Waals surface area contributed by atoms with Crippen LogP contribution in [0.1, 0.15) is 39.4 Å². The van der Waals surface area contributed by atoms with Gasteiger partial charge in [0.25, 0.3) is 0 Å². The van der Waals surface area contributed by atoms with Gasteiger partial charge in [0.15, 0.2) is 5.82 Å². The molecule has 1 amide bonds. The Morgan fingerprint density at radius 3 is 2.82 bits per heavy atom. The third-order valence-corrected chi connectivity index (χ3v) is 2.18. The van der Waals surface area contributed by atoms with Gasteiger partial charge in [-0.1, -0.05) is 5.16 Å². The van der Waals surface area contributed by atoms with E-state index < -0.39 is 5.54 Å². The first-order valence-electron chi connectivity index (χ1n) is 5.65. The Labute approximate surface area is 101 Å². The van der Waals surface area contributed by atoms with E-state index in [-0.39, 0.29) is 5.91 Å². The van der Waals surface area contributed by atoms with Gasteiger partial charge < -0.3 is 14.6 Å². The minimum Gasteiger partial charge on any atom is -0.381 e. The maximum Gasteiger partial charge on any atom is 0.229 e. The zero-order valence-electron chi connectivity index (χ0n) is 10.7. The highest BCUT2D eigenvalue weighted by Gasteiger charge is 2.27. The summed E-state index contributed by atoms with van der Waals surface area (Å²) in [6, 6.07) is 0. The molecule has 0 aliphatic rings. The maximum absolute atomic E-state index is 11.0. The molecule has 6 heteroatoms. The third-order valence-electron chi connectivity index (χ3n) is 2.18. The second-order valence-corrected chi connectivity index (χ2v) is 4.26. The fourth-order valence-electron chi connectivity index (χ4n) is 1.41. The first kappa shape index (κ1) is 13.6. The topological polar surface area (TPSA) is 77.2 Å². The number of rotatable bonds is 6. The fraction of sp³-hybridized carbons (Fsp3) is 0.727. The maximum atomic E-state index is 11.0. The summed E-state index contributed by atoms with van der Waals surface area (Å²) >= 11 is 0. The first-order valence-corrected chi connectivity index (χ1v) is 5.65. The van der Waals surface area contributed by atoms with Gasteiger partial charge in [-0.15, -0.1) is 0 Å². The highest BCUT2D eigenvalue weighted by atomic mass is 16.5. The van der Waals surface area contributed by atoms with Gasteiger partial charge in [0.2, 0.25) is 11.8 Å². The van der Waals surface area contributed by atoms with Crippen molar-refractivity contribution >= 4 is 5.91 Å². The van der Waals surface area contributed by atoms with Gasteiger partial charge in [-0.05, 0) is 20.8 Å². The molecule has 0 fully saturated rings. The van der Waals surface area contributed by atoms with Crippen LogP contribution in [0.4, 0.5) is 0 Å². The molecular formula is C11H19N3O3. The second-order valence-electron chi connectivity index (χ2n) is 4.26. The minimum atomic E-state index is -0.626. The predicted molar refractivity (Wildman–Crippen MR) is 61.3 cm³/mol. The van der Waals surface area contributed by atoms with Gasteiger partial charge >= 0.3 is 0 Å². The summed E-state index contributed by atoms with van der Waals surface area (Å²) in [5.41, 5.74) is -0.626.